The molecule has 0 saturated heterocycles. The first-order valence-corrected chi connectivity index (χ1v) is 7.95. The molecular formula is C12H8Cl2F16O4. The van der Waals surface area contributed by atoms with Gasteiger partial charge in [0.2, 0.25) is 0 Å². The molecule has 22 heteroatoms. The van der Waals surface area contributed by atoms with Crippen molar-refractivity contribution in [2.45, 2.75) is 61.2 Å². The quantitative estimate of drug-likeness (QED) is 0.233. The highest BCUT2D eigenvalue weighted by Gasteiger charge is 2.93. The van der Waals surface area contributed by atoms with E-state index in [1.54, 1.807) is 0 Å². The van der Waals surface area contributed by atoms with E-state index in [4.69, 9.17) is 19.8 Å². The van der Waals surface area contributed by atoms with Crippen molar-refractivity contribution in [3.63, 3.8) is 0 Å². The van der Waals surface area contributed by atoms with E-state index in [0.29, 0.717) is 6.92 Å². The Morgan fingerprint density at radius 3 is 1.03 bits per heavy atom. The summed E-state index contributed by atoms with van der Waals surface area (Å²) in [4.78, 5) is 17.5. The van der Waals surface area contributed by atoms with E-state index in [9.17, 15) is 70.2 Å². The van der Waals surface area contributed by atoms with Crippen molar-refractivity contribution >= 4 is 34.1 Å². The number of carboxylic acid groups (broad SMARTS) is 2. The second-order valence-corrected chi connectivity index (χ2v) is 6.02. The summed E-state index contributed by atoms with van der Waals surface area (Å²) in [5, 5.41) is 14.4. The lowest BCUT2D eigenvalue weighted by atomic mass is 9.89. The molecule has 0 bridgehead atoms. The van der Waals surface area contributed by atoms with Gasteiger partial charge in [0.15, 0.2) is 6.17 Å². The SMILES string of the molecule is CCC(F)C(F)(F)C(F)(F)C(F)(F)C(F)(F)C(F)(F)C(F)(F)C(F)(F)F.O=C(O)Cl.O=C(O)Cl. The van der Waals surface area contributed by atoms with Gasteiger partial charge in [0.05, 0.1) is 0 Å². The maximum Gasteiger partial charge on any atom is 0.460 e. The maximum absolute atomic E-state index is 13.1. The van der Waals surface area contributed by atoms with Crippen molar-refractivity contribution in [1.29, 1.82) is 0 Å². The number of hydrogen-bond donors (Lipinski definition) is 2. The van der Waals surface area contributed by atoms with Gasteiger partial charge < -0.3 is 10.2 Å². The maximum atomic E-state index is 13.1. The molecule has 4 nitrogen and oxygen atoms in total. The number of rotatable bonds is 7. The fourth-order valence-electron chi connectivity index (χ4n) is 1.43. The molecule has 0 fully saturated rings. The van der Waals surface area contributed by atoms with Crippen LogP contribution in [0.15, 0.2) is 0 Å². The van der Waals surface area contributed by atoms with E-state index in [1.165, 1.54) is 0 Å². The normalized spacial score (nSPS) is 14.8. The van der Waals surface area contributed by atoms with Crippen molar-refractivity contribution in [1.82, 2.24) is 0 Å². The molecule has 34 heavy (non-hydrogen) atoms. The van der Waals surface area contributed by atoms with E-state index >= 15 is 0 Å². The molecule has 0 spiro atoms. The number of alkyl halides is 16. The monoisotopic (exact) mass is 590 g/mol. The largest absolute Gasteiger partial charge is 0.469 e. The van der Waals surface area contributed by atoms with Crippen LogP contribution in [0.2, 0.25) is 0 Å². The van der Waals surface area contributed by atoms with E-state index in [0.717, 1.165) is 0 Å². The van der Waals surface area contributed by atoms with Crippen molar-refractivity contribution in [3.05, 3.63) is 0 Å². The molecule has 0 aromatic carbocycles. The zero-order valence-corrected chi connectivity index (χ0v) is 16.8. The summed E-state index contributed by atoms with van der Waals surface area (Å²) >= 11 is 8.38. The summed E-state index contributed by atoms with van der Waals surface area (Å²) in [7, 11) is 0. The van der Waals surface area contributed by atoms with Crippen LogP contribution in [0.1, 0.15) is 13.3 Å². The first-order valence-electron chi connectivity index (χ1n) is 7.19. The van der Waals surface area contributed by atoms with E-state index in [1.807, 2.05) is 0 Å². The average molecular weight is 591 g/mol. The minimum Gasteiger partial charge on any atom is -0.469 e. The summed E-state index contributed by atoms with van der Waals surface area (Å²) in [5.41, 5.74) is -2.72. The van der Waals surface area contributed by atoms with Gasteiger partial charge in [-0.15, -0.1) is 0 Å². The lowest BCUT2D eigenvalue weighted by molar-refractivity contribution is -0.454. The summed E-state index contributed by atoms with van der Waals surface area (Å²) < 4.78 is 203. The van der Waals surface area contributed by atoms with Gasteiger partial charge in [-0.2, -0.15) is 65.9 Å². The zero-order chi connectivity index (χ0) is 28.9. The molecule has 2 N–H and O–H groups in total. The van der Waals surface area contributed by atoms with E-state index < -0.39 is 65.2 Å². The average Bonchev–Trinajstić information content (AvgIpc) is 2.57. The van der Waals surface area contributed by atoms with E-state index in [-0.39, 0.29) is 0 Å². The van der Waals surface area contributed by atoms with Crippen LogP contribution in [0, 0.1) is 0 Å². The van der Waals surface area contributed by atoms with Gasteiger partial charge in [0.1, 0.15) is 0 Å². The second-order valence-electron chi connectivity index (χ2n) is 5.37. The molecule has 1 atom stereocenters. The second kappa shape index (κ2) is 11.4. The predicted octanol–water partition coefficient (Wildman–Crippen LogP) is 7.92. The summed E-state index contributed by atoms with van der Waals surface area (Å²) in [6.45, 7) is 0.303. The lowest BCUT2D eigenvalue weighted by Gasteiger charge is -2.41. The first kappa shape index (κ1) is 37.0. The molecule has 0 aliphatic carbocycles. The van der Waals surface area contributed by atoms with Gasteiger partial charge >= 0.3 is 52.6 Å². The van der Waals surface area contributed by atoms with Crippen LogP contribution >= 0.6 is 23.2 Å². The van der Waals surface area contributed by atoms with Crippen LogP contribution in [0.5, 0.6) is 0 Å². The fraction of sp³-hybridized carbons (Fsp3) is 0.833. The first-order chi connectivity index (χ1) is 14.4. The van der Waals surface area contributed by atoms with Gasteiger partial charge in [-0.25, -0.2) is 14.0 Å². The van der Waals surface area contributed by atoms with Gasteiger partial charge in [-0.1, -0.05) is 6.92 Å². The Balaban J connectivity index is -0.00000103. The molecule has 0 saturated carbocycles. The Labute approximate surface area is 186 Å². The van der Waals surface area contributed by atoms with Crippen molar-refractivity contribution in [2.24, 2.45) is 0 Å². The highest BCUT2D eigenvalue weighted by Crippen LogP contribution is 2.62. The molecule has 206 valence electrons. The summed E-state index contributed by atoms with van der Waals surface area (Å²) in [5.74, 6) is -47.5. The standard InChI is InChI=1S/C10H6F16.2CHClO2/c1-2-3(11)4(12,13)5(14,15)6(16,17)7(18,19)8(20,21)9(22,23)10(24,25)26;2*2-1(3)4/h3H,2H2,1H3;2*(H,3,4). The van der Waals surface area contributed by atoms with Crippen LogP contribution in [-0.4, -0.2) is 69.0 Å². The van der Waals surface area contributed by atoms with Gasteiger partial charge in [-0.05, 0) is 6.42 Å². The fourth-order valence-corrected chi connectivity index (χ4v) is 1.43. The summed E-state index contributed by atoms with van der Waals surface area (Å²) in [6.07, 6.45) is -13.8. The molecule has 0 aromatic heterocycles. The molecular weight excluding hydrogens is 583 g/mol. The van der Waals surface area contributed by atoms with Gasteiger partial charge in [0, 0.05) is 23.2 Å². The molecule has 0 radical (unpaired) electrons. The third kappa shape index (κ3) is 7.20. The molecule has 0 aromatic rings. The van der Waals surface area contributed by atoms with Gasteiger partial charge in [-0.3, -0.25) is 0 Å². The minimum absolute atomic E-state index is 0.303. The van der Waals surface area contributed by atoms with Crippen LogP contribution in [0.25, 0.3) is 0 Å². The Kier molecular flexibility index (Phi) is 12.4. The topological polar surface area (TPSA) is 74.6 Å². The van der Waals surface area contributed by atoms with Crippen LogP contribution in [0.3, 0.4) is 0 Å². The third-order valence-corrected chi connectivity index (χ3v) is 3.10. The molecule has 0 amide bonds. The molecule has 0 heterocycles. The Hall–Kier alpha value is -1.60. The number of hydrogen-bond acceptors (Lipinski definition) is 2. The predicted molar refractivity (Wildman–Crippen MR) is 78.7 cm³/mol. The van der Waals surface area contributed by atoms with Crippen molar-refractivity contribution < 1.29 is 90.0 Å². The summed E-state index contributed by atoms with van der Waals surface area (Å²) in [6, 6.07) is 0. The number of halogens is 18. The van der Waals surface area contributed by atoms with E-state index in [2.05, 4.69) is 23.2 Å². The highest BCUT2D eigenvalue weighted by molar-refractivity contribution is 6.60. The highest BCUT2D eigenvalue weighted by atomic mass is 35.5. The molecule has 1 unspecified atom stereocenters. The van der Waals surface area contributed by atoms with Crippen LogP contribution in [0.4, 0.5) is 79.8 Å². The minimum atomic E-state index is -8.38. The lowest BCUT2D eigenvalue weighted by Crippen LogP contribution is -2.73. The smallest absolute Gasteiger partial charge is 0.460 e. The van der Waals surface area contributed by atoms with Crippen LogP contribution < -0.4 is 0 Å². The Morgan fingerprint density at radius 1 is 0.618 bits per heavy atom. The molecule has 0 rings (SSSR count). The molecule has 0 aliphatic heterocycles. The van der Waals surface area contributed by atoms with Crippen molar-refractivity contribution in [2.75, 3.05) is 0 Å². The zero-order valence-electron chi connectivity index (χ0n) is 15.3. The number of carbonyl (C=O) groups is 2. The van der Waals surface area contributed by atoms with Crippen molar-refractivity contribution in [3.8, 4) is 0 Å². The Bertz CT molecular complexity index is 674. The Morgan fingerprint density at radius 2 is 0.824 bits per heavy atom. The van der Waals surface area contributed by atoms with Crippen LogP contribution in [-0.2, 0) is 0 Å². The van der Waals surface area contributed by atoms with Gasteiger partial charge in [0.25, 0.3) is 0 Å². The third-order valence-electron chi connectivity index (χ3n) is 3.10. The molecule has 0 aliphatic rings.